The molecule has 2 aromatic carbocycles. The second-order valence-electron chi connectivity index (χ2n) is 5.97. The van der Waals surface area contributed by atoms with Gasteiger partial charge in [-0.05, 0) is 48.5 Å². The van der Waals surface area contributed by atoms with Gasteiger partial charge in [0.2, 0.25) is 5.91 Å². The number of benzene rings is 2. The number of hydrogen-bond donors (Lipinski definition) is 3. The summed E-state index contributed by atoms with van der Waals surface area (Å²) < 4.78 is 5.03. The van der Waals surface area contributed by atoms with Gasteiger partial charge in [0.15, 0.2) is 5.76 Å². The number of hydrogen-bond acceptors (Lipinski definition) is 4. The van der Waals surface area contributed by atoms with E-state index in [4.69, 9.17) is 10.8 Å². The molecule has 0 aliphatic rings. The monoisotopic (exact) mass is 387 g/mol. The van der Waals surface area contributed by atoms with Gasteiger partial charge in [-0.15, -0.1) is 6.42 Å². The van der Waals surface area contributed by atoms with Crippen LogP contribution in [0.1, 0.15) is 26.5 Å². The molecule has 7 heteroatoms. The Balaban J connectivity index is 1.55. The van der Waals surface area contributed by atoms with Crippen molar-refractivity contribution in [2.45, 2.75) is 0 Å². The average Bonchev–Trinajstić information content (AvgIpc) is 3.27. The average molecular weight is 387 g/mol. The van der Waals surface area contributed by atoms with Crippen molar-refractivity contribution < 1.29 is 18.8 Å². The summed E-state index contributed by atoms with van der Waals surface area (Å²) >= 11 is 0. The Morgan fingerprint density at radius 2 is 1.66 bits per heavy atom. The molecule has 0 aliphatic heterocycles. The van der Waals surface area contributed by atoms with Gasteiger partial charge in [-0.25, -0.2) is 0 Å². The number of rotatable bonds is 6. The van der Waals surface area contributed by atoms with Crippen LogP contribution in [0.2, 0.25) is 0 Å². The highest BCUT2D eigenvalue weighted by Crippen LogP contribution is 2.13. The molecule has 1 aromatic heterocycles. The maximum absolute atomic E-state index is 12.3. The third-order valence-corrected chi connectivity index (χ3v) is 3.85. The highest BCUT2D eigenvalue weighted by molar-refractivity contribution is 6.04. The zero-order chi connectivity index (χ0) is 20.6. The molecule has 0 saturated carbocycles. The van der Waals surface area contributed by atoms with Crippen LogP contribution in [-0.4, -0.2) is 24.3 Å². The van der Waals surface area contributed by atoms with Gasteiger partial charge >= 0.3 is 0 Å². The third-order valence-electron chi connectivity index (χ3n) is 3.85. The molecule has 29 heavy (non-hydrogen) atoms. The van der Waals surface area contributed by atoms with Crippen molar-refractivity contribution in [3.63, 3.8) is 0 Å². The Kier molecular flexibility index (Phi) is 6.08. The second kappa shape index (κ2) is 9.06. The molecule has 1 heterocycles. The van der Waals surface area contributed by atoms with Gasteiger partial charge < -0.3 is 20.4 Å². The first kappa shape index (κ1) is 19.5. The van der Waals surface area contributed by atoms with Crippen LogP contribution >= 0.6 is 0 Å². The van der Waals surface area contributed by atoms with E-state index in [1.54, 1.807) is 48.5 Å². The Morgan fingerprint density at radius 3 is 2.38 bits per heavy atom. The molecule has 0 spiro atoms. The lowest BCUT2D eigenvalue weighted by Crippen LogP contribution is -2.32. The predicted octanol–water partition coefficient (Wildman–Crippen LogP) is 2.88. The Hall–Kier alpha value is -4.31. The fourth-order valence-corrected chi connectivity index (χ4v) is 2.49. The van der Waals surface area contributed by atoms with Gasteiger partial charge in [0.05, 0.1) is 12.8 Å². The second-order valence-corrected chi connectivity index (χ2v) is 5.97. The highest BCUT2D eigenvalue weighted by atomic mass is 16.3. The van der Waals surface area contributed by atoms with E-state index in [1.807, 2.05) is 0 Å². The number of anilines is 2. The smallest absolute Gasteiger partial charge is 0.291 e. The van der Waals surface area contributed by atoms with Crippen LogP contribution in [0.15, 0.2) is 71.3 Å². The molecular weight excluding hydrogens is 370 g/mol. The van der Waals surface area contributed by atoms with E-state index in [0.29, 0.717) is 22.5 Å². The first-order valence-electron chi connectivity index (χ1n) is 8.65. The minimum atomic E-state index is -0.452. The van der Waals surface area contributed by atoms with Gasteiger partial charge in [0.1, 0.15) is 0 Å². The Morgan fingerprint density at radius 1 is 0.897 bits per heavy atom. The molecule has 144 valence electrons. The van der Waals surface area contributed by atoms with Crippen LogP contribution < -0.4 is 16.0 Å². The number of nitrogens with one attached hydrogen (secondary N) is 3. The third kappa shape index (κ3) is 5.34. The fraction of sp³-hybridized carbons (Fsp3) is 0.0455. The molecular formula is C22H17N3O4. The summed E-state index contributed by atoms with van der Waals surface area (Å²) in [7, 11) is 0. The standard InChI is InChI=1S/C22H17N3O4/c1-2-15-6-3-8-17(12-15)24-20(26)14-23-21(27)16-7-4-9-18(13-16)25-22(28)19-10-5-11-29-19/h1,3-13H,14H2,(H,23,27)(H,24,26)(H,25,28). The molecule has 0 aliphatic carbocycles. The van der Waals surface area contributed by atoms with E-state index >= 15 is 0 Å². The summed E-state index contributed by atoms with van der Waals surface area (Å²) in [6, 6.07) is 16.3. The number of terminal acetylenes is 1. The minimum absolute atomic E-state index is 0.158. The largest absolute Gasteiger partial charge is 0.459 e. The van der Waals surface area contributed by atoms with E-state index in [1.165, 1.54) is 18.4 Å². The van der Waals surface area contributed by atoms with Crippen molar-refractivity contribution in [3.05, 3.63) is 83.8 Å². The minimum Gasteiger partial charge on any atom is -0.459 e. The Bertz CT molecular complexity index is 1080. The number of carbonyl (C=O) groups excluding carboxylic acids is 3. The van der Waals surface area contributed by atoms with Crippen molar-refractivity contribution in [1.29, 1.82) is 0 Å². The van der Waals surface area contributed by atoms with E-state index in [-0.39, 0.29) is 12.3 Å². The van der Waals surface area contributed by atoms with E-state index in [2.05, 4.69) is 21.9 Å². The van der Waals surface area contributed by atoms with E-state index in [9.17, 15) is 14.4 Å². The molecule has 0 saturated heterocycles. The van der Waals surface area contributed by atoms with Crippen molar-refractivity contribution in [2.24, 2.45) is 0 Å². The fourth-order valence-electron chi connectivity index (χ4n) is 2.49. The molecule has 0 fully saturated rings. The van der Waals surface area contributed by atoms with Crippen LogP contribution in [0.4, 0.5) is 11.4 Å². The molecule has 7 nitrogen and oxygen atoms in total. The maximum atomic E-state index is 12.3. The number of carbonyl (C=O) groups is 3. The summed E-state index contributed by atoms with van der Waals surface area (Å²) in [6.07, 6.45) is 6.73. The summed E-state index contributed by atoms with van der Waals surface area (Å²) in [5.74, 6) is 1.37. The molecule has 3 amide bonds. The van der Waals surface area contributed by atoms with Crippen molar-refractivity contribution in [3.8, 4) is 12.3 Å². The van der Waals surface area contributed by atoms with Gasteiger partial charge in [-0.2, -0.15) is 0 Å². The van der Waals surface area contributed by atoms with E-state index < -0.39 is 17.7 Å². The Labute approximate surface area is 167 Å². The molecule has 3 aromatic rings. The first-order valence-corrected chi connectivity index (χ1v) is 8.65. The van der Waals surface area contributed by atoms with Crippen molar-refractivity contribution in [2.75, 3.05) is 17.2 Å². The summed E-state index contributed by atoms with van der Waals surface area (Å²) in [5, 5.41) is 7.83. The van der Waals surface area contributed by atoms with Gasteiger partial charge in [-0.1, -0.05) is 18.1 Å². The predicted molar refractivity (Wildman–Crippen MR) is 108 cm³/mol. The summed E-state index contributed by atoms with van der Waals surface area (Å²) in [5.41, 5.74) is 1.90. The van der Waals surface area contributed by atoms with Crippen LogP contribution in [0.25, 0.3) is 0 Å². The summed E-state index contributed by atoms with van der Waals surface area (Å²) in [6.45, 7) is -0.220. The zero-order valence-electron chi connectivity index (χ0n) is 15.3. The lowest BCUT2D eigenvalue weighted by Gasteiger charge is -2.09. The molecule has 0 bridgehead atoms. The first-order chi connectivity index (χ1) is 14.0. The maximum Gasteiger partial charge on any atom is 0.291 e. The number of amides is 3. The normalized spacial score (nSPS) is 9.90. The van der Waals surface area contributed by atoms with Gasteiger partial charge in [-0.3, -0.25) is 14.4 Å². The molecule has 0 radical (unpaired) electrons. The lowest BCUT2D eigenvalue weighted by atomic mass is 10.2. The SMILES string of the molecule is C#Cc1cccc(NC(=O)CNC(=O)c2cccc(NC(=O)c3ccco3)c2)c1. The van der Waals surface area contributed by atoms with Gasteiger partial charge in [0.25, 0.3) is 11.8 Å². The van der Waals surface area contributed by atoms with Crippen LogP contribution in [-0.2, 0) is 4.79 Å². The summed E-state index contributed by atoms with van der Waals surface area (Å²) in [4.78, 5) is 36.4. The highest BCUT2D eigenvalue weighted by Gasteiger charge is 2.12. The van der Waals surface area contributed by atoms with Gasteiger partial charge in [0, 0.05) is 22.5 Å². The lowest BCUT2D eigenvalue weighted by molar-refractivity contribution is -0.115. The van der Waals surface area contributed by atoms with Crippen molar-refractivity contribution in [1.82, 2.24) is 5.32 Å². The zero-order valence-corrected chi connectivity index (χ0v) is 15.3. The topological polar surface area (TPSA) is 100 Å². The van der Waals surface area contributed by atoms with Crippen LogP contribution in [0.5, 0.6) is 0 Å². The molecule has 0 atom stereocenters. The van der Waals surface area contributed by atoms with Crippen LogP contribution in [0.3, 0.4) is 0 Å². The number of furan rings is 1. The van der Waals surface area contributed by atoms with E-state index in [0.717, 1.165) is 0 Å². The molecule has 3 rings (SSSR count). The van der Waals surface area contributed by atoms with Crippen molar-refractivity contribution >= 4 is 29.1 Å². The molecule has 3 N–H and O–H groups in total. The quantitative estimate of drug-likeness (QED) is 0.566. The van der Waals surface area contributed by atoms with Crippen LogP contribution in [0, 0.1) is 12.3 Å². The molecule has 0 unspecified atom stereocenters.